The molecule has 0 radical (unpaired) electrons. The van der Waals surface area contributed by atoms with Crippen molar-refractivity contribution < 1.29 is 19.2 Å². The molecule has 0 aliphatic carbocycles. The molecule has 4 aromatic carbocycles. The Balaban J connectivity index is 1.46. The van der Waals surface area contributed by atoms with Gasteiger partial charge in [0.05, 0.1) is 10.6 Å². The maximum Gasteiger partial charge on any atom is 0.310 e. The highest BCUT2D eigenvalue weighted by atomic mass is 16.6. The third-order valence-electron chi connectivity index (χ3n) is 5.75. The average Bonchev–Trinajstić information content (AvgIpc) is 2.89. The minimum absolute atomic E-state index is 0.0131. The summed E-state index contributed by atoms with van der Waals surface area (Å²) in [6.45, 7) is 3.92. The summed E-state index contributed by atoms with van der Waals surface area (Å²) in [7, 11) is 0. The number of carbonyl (C=O) groups is 2. The summed E-state index contributed by atoms with van der Waals surface area (Å²) >= 11 is 0. The lowest BCUT2D eigenvalue weighted by atomic mass is 10.1. The van der Waals surface area contributed by atoms with Crippen molar-refractivity contribution in [2.75, 3.05) is 16.8 Å². The smallest absolute Gasteiger partial charge is 0.310 e. The Morgan fingerprint density at radius 2 is 1.61 bits per heavy atom. The number of nitrogens with one attached hydrogen (secondary N) is 1. The number of carbonyl (C=O) groups excluding carboxylic acids is 2. The first-order valence-electron chi connectivity index (χ1n) is 11.5. The Kier molecular flexibility index (Phi) is 7.25. The molecule has 1 atom stereocenters. The summed E-state index contributed by atoms with van der Waals surface area (Å²) in [5.41, 5.74) is 1.57. The van der Waals surface area contributed by atoms with E-state index in [9.17, 15) is 19.7 Å². The number of nitro groups is 1. The molecule has 0 saturated heterocycles. The van der Waals surface area contributed by atoms with Crippen LogP contribution in [0.15, 0.2) is 91.0 Å². The molecule has 4 rings (SSSR count). The SMILES string of the molecule is CCN(C(=O)c1ccc(NC(=O)C(C)Oc2ccccc2[N+](=O)[O-])cc1)c1cccc2ccccc12. The maximum absolute atomic E-state index is 13.3. The third-order valence-corrected chi connectivity index (χ3v) is 5.75. The predicted octanol–water partition coefficient (Wildman–Crippen LogP) is 5.82. The van der Waals surface area contributed by atoms with Crippen LogP contribution < -0.4 is 15.0 Å². The Hall–Kier alpha value is -4.72. The van der Waals surface area contributed by atoms with Gasteiger partial charge in [-0.3, -0.25) is 19.7 Å². The average molecular weight is 484 g/mol. The van der Waals surface area contributed by atoms with Crippen molar-refractivity contribution >= 4 is 39.6 Å². The summed E-state index contributed by atoms with van der Waals surface area (Å²) in [5.74, 6) is -0.614. The van der Waals surface area contributed by atoms with Crippen molar-refractivity contribution in [3.8, 4) is 5.75 Å². The van der Waals surface area contributed by atoms with Gasteiger partial charge < -0.3 is 15.0 Å². The molecule has 4 aromatic rings. The number of nitro benzene ring substituents is 1. The molecule has 0 fully saturated rings. The Labute approximate surface area is 208 Å². The fourth-order valence-electron chi connectivity index (χ4n) is 3.91. The van der Waals surface area contributed by atoms with Crippen molar-refractivity contribution in [3.63, 3.8) is 0 Å². The molecule has 0 aliphatic rings. The van der Waals surface area contributed by atoms with Crippen LogP contribution in [0, 0.1) is 10.1 Å². The predicted molar refractivity (Wildman–Crippen MR) is 140 cm³/mol. The molecule has 0 aromatic heterocycles. The topological polar surface area (TPSA) is 102 Å². The zero-order valence-corrected chi connectivity index (χ0v) is 19.9. The summed E-state index contributed by atoms with van der Waals surface area (Å²) in [4.78, 5) is 38.2. The van der Waals surface area contributed by atoms with Crippen LogP contribution in [0.5, 0.6) is 5.75 Å². The molecule has 1 N–H and O–H groups in total. The van der Waals surface area contributed by atoms with Gasteiger partial charge in [0.15, 0.2) is 11.9 Å². The van der Waals surface area contributed by atoms with Gasteiger partial charge in [-0.25, -0.2) is 0 Å². The van der Waals surface area contributed by atoms with Crippen LogP contribution in [0.25, 0.3) is 10.8 Å². The lowest BCUT2D eigenvalue weighted by molar-refractivity contribution is -0.386. The number of para-hydroxylation sites is 2. The van der Waals surface area contributed by atoms with Crippen LogP contribution in [0.4, 0.5) is 17.1 Å². The van der Waals surface area contributed by atoms with Crippen LogP contribution in [0.2, 0.25) is 0 Å². The Bertz CT molecular complexity index is 1410. The molecule has 0 spiro atoms. The van der Waals surface area contributed by atoms with Gasteiger partial charge in [-0.05, 0) is 55.6 Å². The normalized spacial score (nSPS) is 11.5. The largest absolute Gasteiger partial charge is 0.474 e. The van der Waals surface area contributed by atoms with Crippen LogP contribution in [-0.2, 0) is 4.79 Å². The van der Waals surface area contributed by atoms with E-state index in [0.29, 0.717) is 17.8 Å². The molecule has 182 valence electrons. The monoisotopic (exact) mass is 483 g/mol. The number of benzene rings is 4. The van der Waals surface area contributed by atoms with Gasteiger partial charge in [-0.1, -0.05) is 48.5 Å². The second-order valence-electron chi connectivity index (χ2n) is 8.10. The van der Waals surface area contributed by atoms with Gasteiger partial charge >= 0.3 is 5.69 Å². The fraction of sp³-hybridized carbons (Fsp3) is 0.143. The Morgan fingerprint density at radius 1 is 0.944 bits per heavy atom. The van der Waals surface area contributed by atoms with Crippen LogP contribution in [-0.4, -0.2) is 29.4 Å². The van der Waals surface area contributed by atoms with Crippen molar-refractivity contribution in [1.29, 1.82) is 0 Å². The molecular formula is C28H25N3O5. The number of fused-ring (bicyclic) bond motifs is 1. The molecule has 1 unspecified atom stereocenters. The molecule has 8 heteroatoms. The highest BCUT2D eigenvalue weighted by molar-refractivity contribution is 6.11. The molecule has 0 aliphatic heterocycles. The maximum atomic E-state index is 13.3. The molecule has 36 heavy (non-hydrogen) atoms. The van der Waals surface area contributed by atoms with E-state index >= 15 is 0 Å². The zero-order valence-electron chi connectivity index (χ0n) is 19.9. The number of anilines is 2. The number of rotatable bonds is 8. The van der Waals surface area contributed by atoms with E-state index in [1.54, 1.807) is 35.2 Å². The van der Waals surface area contributed by atoms with E-state index in [1.807, 2.05) is 49.4 Å². The lowest BCUT2D eigenvalue weighted by Crippen LogP contribution is -2.31. The van der Waals surface area contributed by atoms with Crippen molar-refractivity contribution in [2.24, 2.45) is 0 Å². The van der Waals surface area contributed by atoms with Gasteiger partial charge in [-0.2, -0.15) is 0 Å². The first-order valence-corrected chi connectivity index (χ1v) is 11.5. The molecule has 8 nitrogen and oxygen atoms in total. The first kappa shape index (κ1) is 24.4. The summed E-state index contributed by atoms with van der Waals surface area (Å²) in [5, 5.41) is 15.9. The number of amides is 2. The number of hydrogen-bond donors (Lipinski definition) is 1. The minimum Gasteiger partial charge on any atom is -0.474 e. The van der Waals surface area contributed by atoms with Gasteiger partial charge in [0.1, 0.15) is 0 Å². The van der Waals surface area contributed by atoms with Gasteiger partial charge in [0.2, 0.25) is 0 Å². The summed E-state index contributed by atoms with van der Waals surface area (Å²) in [6.07, 6.45) is -0.977. The van der Waals surface area contributed by atoms with Crippen LogP contribution in [0.1, 0.15) is 24.2 Å². The second kappa shape index (κ2) is 10.7. The Morgan fingerprint density at radius 3 is 2.33 bits per heavy atom. The second-order valence-corrected chi connectivity index (χ2v) is 8.10. The highest BCUT2D eigenvalue weighted by Gasteiger charge is 2.22. The molecule has 0 bridgehead atoms. The van der Waals surface area contributed by atoms with E-state index in [1.165, 1.54) is 25.1 Å². The van der Waals surface area contributed by atoms with Gasteiger partial charge in [-0.15, -0.1) is 0 Å². The van der Waals surface area contributed by atoms with E-state index in [0.717, 1.165) is 16.5 Å². The van der Waals surface area contributed by atoms with Gasteiger partial charge in [0.25, 0.3) is 11.8 Å². The molecular weight excluding hydrogens is 458 g/mol. The summed E-state index contributed by atoms with van der Waals surface area (Å²) in [6, 6.07) is 26.2. The molecule has 0 heterocycles. The molecule has 2 amide bonds. The summed E-state index contributed by atoms with van der Waals surface area (Å²) < 4.78 is 5.52. The van der Waals surface area contributed by atoms with E-state index in [4.69, 9.17) is 4.74 Å². The quantitative estimate of drug-likeness (QED) is 0.251. The standard InChI is InChI=1S/C28H25N3O5/c1-3-30(24-13-8-10-20-9-4-5-11-23(20)24)28(33)21-15-17-22(18-16-21)29-27(32)19(2)36-26-14-7-6-12-25(26)31(34)35/h4-19H,3H2,1-2H3,(H,29,32). The van der Waals surface area contributed by atoms with Crippen LogP contribution >= 0.6 is 0 Å². The van der Waals surface area contributed by atoms with E-state index in [2.05, 4.69) is 5.32 Å². The van der Waals surface area contributed by atoms with E-state index in [-0.39, 0.29) is 17.3 Å². The fourth-order valence-corrected chi connectivity index (χ4v) is 3.91. The van der Waals surface area contributed by atoms with Crippen LogP contribution in [0.3, 0.4) is 0 Å². The number of hydrogen-bond acceptors (Lipinski definition) is 5. The number of ether oxygens (including phenoxy) is 1. The van der Waals surface area contributed by atoms with Crippen molar-refractivity contribution in [3.05, 3.63) is 107 Å². The van der Waals surface area contributed by atoms with Crippen molar-refractivity contribution in [2.45, 2.75) is 20.0 Å². The zero-order chi connectivity index (χ0) is 25.7. The van der Waals surface area contributed by atoms with E-state index < -0.39 is 16.9 Å². The highest BCUT2D eigenvalue weighted by Crippen LogP contribution is 2.29. The lowest BCUT2D eigenvalue weighted by Gasteiger charge is -2.23. The minimum atomic E-state index is -0.977. The van der Waals surface area contributed by atoms with Gasteiger partial charge in [0, 0.05) is 29.2 Å². The van der Waals surface area contributed by atoms with Crippen molar-refractivity contribution in [1.82, 2.24) is 0 Å². The first-order chi connectivity index (χ1) is 17.4. The third kappa shape index (κ3) is 5.17. The molecule has 0 saturated carbocycles. The number of nitrogens with zero attached hydrogens (tertiary/aromatic N) is 2.